The third kappa shape index (κ3) is 5.41. The molecular formula is C25H35N5O3S. The van der Waals surface area contributed by atoms with Gasteiger partial charge in [0.1, 0.15) is 11.5 Å². The minimum absolute atomic E-state index is 0.0701. The molecule has 34 heavy (non-hydrogen) atoms. The van der Waals surface area contributed by atoms with E-state index in [1.54, 1.807) is 6.20 Å². The van der Waals surface area contributed by atoms with Crippen LogP contribution in [0.5, 0.6) is 0 Å². The van der Waals surface area contributed by atoms with Crippen LogP contribution in [0.4, 0.5) is 5.82 Å². The molecule has 0 aromatic carbocycles. The minimum atomic E-state index is -0.229. The lowest BCUT2D eigenvalue weighted by atomic mass is 10.1. The van der Waals surface area contributed by atoms with E-state index in [0.29, 0.717) is 34.8 Å². The molecule has 0 unspecified atom stereocenters. The van der Waals surface area contributed by atoms with Crippen molar-refractivity contribution in [2.24, 2.45) is 0 Å². The molecule has 0 radical (unpaired) electrons. The summed E-state index contributed by atoms with van der Waals surface area (Å²) in [6, 6.07) is 2.55. The van der Waals surface area contributed by atoms with Crippen molar-refractivity contribution in [3.05, 3.63) is 28.5 Å². The highest BCUT2D eigenvalue weighted by molar-refractivity contribution is 7.17. The Kier molecular flexibility index (Phi) is 7.83. The van der Waals surface area contributed by atoms with Gasteiger partial charge in [0.25, 0.3) is 11.8 Å². The lowest BCUT2D eigenvalue weighted by Gasteiger charge is -2.22. The van der Waals surface area contributed by atoms with E-state index in [1.807, 2.05) is 17.9 Å². The van der Waals surface area contributed by atoms with Crippen molar-refractivity contribution in [3.63, 3.8) is 0 Å². The highest BCUT2D eigenvalue weighted by atomic mass is 32.1. The summed E-state index contributed by atoms with van der Waals surface area (Å²) in [7, 11) is 0. The summed E-state index contributed by atoms with van der Waals surface area (Å²) < 4.78 is 5.39. The molecule has 4 heterocycles. The van der Waals surface area contributed by atoms with Crippen LogP contribution < -0.4 is 10.6 Å². The van der Waals surface area contributed by atoms with Gasteiger partial charge in [0, 0.05) is 49.6 Å². The smallest absolute Gasteiger partial charge is 0.280 e. The van der Waals surface area contributed by atoms with Gasteiger partial charge in [-0.25, -0.2) is 9.97 Å². The molecule has 0 saturated carbocycles. The second-order valence-electron chi connectivity index (χ2n) is 9.38. The molecule has 2 atom stereocenters. The molecule has 0 bridgehead atoms. The van der Waals surface area contributed by atoms with Crippen molar-refractivity contribution in [2.75, 3.05) is 25.1 Å². The standard InChI is InChI=1S/C25H35N5O3S/c1-5-16(3)27-20-13-15(2)19(14-26-20)22-21(25(32)30-10-6-7-17(30)4)29-24(34-22)23(31)28-18-8-11-33-12-9-18/h13-14,16-18H,5-12H2,1-4H3,(H,26,27)(H,28,31)/t16-,17+/m1/s1. The minimum Gasteiger partial charge on any atom is -0.381 e. The molecule has 2 aromatic rings. The predicted molar refractivity (Wildman–Crippen MR) is 134 cm³/mol. The molecule has 2 aliphatic heterocycles. The number of hydrogen-bond acceptors (Lipinski definition) is 7. The van der Waals surface area contributed by atoms with E-state index in [2.05, 4.69) is 41.4 Å². The Bertz CT molecular complexity index is 1030. The molecule has 2 aromatic heterocycles. The molecule has 2 fully saturated rings. The highest BCUT2D eigenvalue weighted by Crippen LogP contribution is 2.35. The number of carbonyl (C=O) groups is 2. The number of rotatable bonds is 7. The van der Waals surface area contributed by atoms with Gasteiger partial charge in [-0.1, -0.05) is 6.92 Å². The molecule has 9 heteroatoms. The fourth-order valence-corrected chi connectivity index (χ4v) is 5.47. The van der Waals surface area contributed by atoms with Gasteiger partial charge in [0.15, 0.2) is 5.01 Å². The van der Waals surface area contributed by atoms with E-state index >= 15 is 0 Å². The van der Waals surface area contributed by atoms with Crippen molar-refractivity contribution < 1.29 is 14.3 Å². The number of pyridine rings is 1. The van der Waals surface area contributed by atoms with Crippen LogP contribution in [-0.2, 0) is 4.74 Å². The molecule has 2 saturated heterocycles. The highest BCUT2D eigenvalue weighted by Gasteiger charge is 2.32. The van der Waals surface area contributed by atoms with Gasteiger partial charge in [-0.2, -0.15) is 0 Å². The van der Waals surface area contributed by atoms with E-state index in [1.165, 1.54) is 11.3 Å². The van der Waals surface area contributed by atoms with Crippen LogP contribution in [0.3, 0.4) is 0 Å². The Labute approximate surface area is 205 Å². The first kappa shape index (κ1) is 24.6. The van der Waals surface area contributed by atoms with Crippen LogP contribution in [-0.4, -0.2) is 64.6 Å². The van der Waals surface area contributed by atoms with Crippen LogP contribution in [0.25, 0.3) is 10.4 Å². The fraction of sp³-hybridized carbons (Fsp3) is 0.600. The average molecular weight is 486 g/mol. The van der Waals surface area contributed by atoms with E-state index in [9.17, 15) is 9.59 Å². The van der Waals surface area contributed by atoms with Gasteiger partial charge in [-0.05, 0) is 64.5 Å². The molecule has 0 spiro atoms. The van der Waals surface area contributed by atoms with Gasteiger partial charge < -0.3 is 20.3 Å². The number of anilines is 1. The fourth-order valence-electron chi connectivity index (χ4n) is 4.43. The predicted octanol–water partition coefficient (Wildman–Crippen LogP) is 4.26. The number of aromatic nitrogens is 2. The number of aryl methyl sites for hydroxylation is 1. The molecule has 2 N–H and O–H groups in total. The summed E-state index contributed by atoms with van der Waals surface area (Å²) in [6.45, 7) is 10.3. The average Bonchev–Trinajstić information content (AvgIpc) is 3.46. The van der Waals surface area contributed by atoms with Crippen LogP contribution in [0.15, 0.2) is 12.3 Å². The van der Waals surface area contributed by atoms with E-state index in [-0.39, 0.29) is 23.9 Å². The molecular weight excluding hydrogens is 450 g/mol. The first-order valence-corrected chi connectivity index (χ1v) is 13.1. The number of nitrogens with one attached hydrogen (secondary N) is 2. The Hall–Kier alpha value is -2.52. The van der Waals surface area contributed by atoms with Crippen LogP contribution >= 0.6 is 11.3 Å². The lowest BCUT2D eigenvalue weighted by molar-refractivity contribution is 0.0696. The largest absolute Gasteiger partial charge is 0.381 e. The number of thiazole rings is 1. The summed E-state index contributed by atoms with van der Waals surface area (Å²) in [5, 5.41) is 6.79. The molecule has 2 aliphatic rings. The number of amides is 2. The molecule has 4 rings (SSSR count). The number of hydrogen-bond donors (Lipinski definition) is 2. The maximum absolute atomic E-state index is 13.5. The second-order valence-corrected chi connectivity index (χ2v) is 10.4. The van der Waals surface area contributed by atoms with E-state index < -0.39 is 0 Å². The van der Waals surface area contributed by atoms with Crippen molar-refractivity contribution in [1.82, 2.24) is 20.2 Å². The lowest BCUT2D eigenvalue weighted by Crippen LogP contribution is -2.39. The number of nitrogens with zero attached hydrogens (tertiary/aromatic N) is 3. The SMILES string of the molecule is CC[C@@H](C)Nc1cc(C)c(-c2sc(C(=O)NC3CCOCC3)nc2C(=O)N2CCC[C@@H]2C)cn1. The van der Waals surface area contributed by atoms with Gasteiger partial charge in [0.05, 0.1) is 4.88 Å². The Morgan fingerprint density at radius 1 is 1.29 bits per heavy atom. The van der Waals surface area contributed by atoms with E-state index in [4.69, 9.17) is 4.74 Å². The maximum Gasteiger partial charge on any atom is 0.280 e. The van der Waals surface area contributed by atoms with Crippen molar-refractivity contribution in [1.29, 1.82) is 0 Å². The summed E-state index contributed by atoms with van der Waals surface area (Å²) in [4.78, 5) is 38.4. The molecule has 184 valence electrons. The second kappa shape index (κ2) is 10.8. The monoisotopic (exact) mass is 485 g/mol. The van der Waals surface area contributed by atoms with Crippen LogP contribution in [0.2, 0.25) is 0 Å². The van der Waals surface area contributed by atoms with Gasteiger partial charge in [0.2, 0.25) is 0 Å². The zero-order valence-corrected chi connectivity index (χ0v) is 21.3. The van der Waals surface area contributed by atoms with Gasteiger partial charge in [-0.3, -0.25) is 9.59 Å². The Morgan fingerprint density at radius 3 is 2.71 bits per heavy atom. The molecule has 2 amide bonds. The van der Waals surface area contributed by atoms with Crippen LogP contribution in [0.1, 0.15) is 78.7 Å². The Balaban J connectivity index is 1.67. The zero-order chi connectivity index (χ0) is 24.2. The third-order valence-electron chi connectivity index (χ3n) is 6.76. The number of ether oxygens (including phenoxy) is 1. The maximum atomic E-state index is 13.5. The summed E-state index contributed by atoms with van der Waals surface area (Å²) in [5.74, 6) is 0.466. The normalized spacial score (nSPS) is 19.8. The quantitative estimate of drug-likeness (QED) is 0.608. The first-order chi connectivity index (χ1) is 16.4. The van der Waals surface area contributed by atoms with Crippen molar-refractivity contribution >= 4 is 29.0 Å². The molecule has 0 aliphatic carbocycles. The summed E-state index contributed by atoms with van der Waals surface area (Å²) >= 11 is 1.27. The number of likely N-dealkylation sites (tertiary alicyclic amines) is 1. The van der Waals surface area contributed by atoms with Gasteiger partial charge >= 0.3 is 0 Å². The van der Waals surface area contributed by atoms with Crippen molar-refractivity contribution in [3.8, 4) is 10.4 Å². The third-order valence-corrected chi connectivity index (χ3v) is 7.84. The van der Waals surface area contributed by atoms with E-state index in [0.717, 1.165) is 55.6 Å². The molecule has 8 nitrogen and oxygen atoms in total. The zero-order valence-electron chi connectivity index (χ0n) is 20.5. The summed E-state index contributed by atoms with van der Waals surface area (Å²) in [5.41, 5.74) is 2.18. The Morgan fingerprint density at radius 2 is 2.06 bits per heavy atom. The van der Waals surface area contributed by atoms with Crippen molar-refractivity contribution in [2.45, 2.75) is 77.9 Å². The van der Waals surface area contributed by atoms with Crippen LogP contribution in [0, 0.1) is 6.92 Å². The topological polar surface area (TPSA) is 96.4 Å². The summed E-state index contributed by atoms with van der Waals surface area (Å²) in [6.07, 6.45) is 6.33. The number of carbonyl (C=O) groups excluding carboxylic acids is 2. The first-order valence-electron chi connectivity index (χ1n) is 12.3. The van der Waals surface area contributed by atoms with Gasteiger partial charge in [-0.15, -0.1) is 11.3 Å².